The van der Waals surface area contributed by atoms with Crippen molar-refractivity contribution in [3.63, 3.8) is 0 Å². The van der Waals surface area contributed by atoms with Crippen molar-refractivity contribution >= 4 is 5.91 Å². The van der Waals surface area contributed by atoms with Crippen LogP contribution in [0.2, 0.25) is 0 Å². The molecular formula is C14H18N4O2. The fraction of sp³-hybridized carbons (Fsp3) is 0.500. The van der Waals surface area contributed by atoms with Gasteiger partial charge >= 0.3 is 0 Å². The first-order valence-electron chi connectivity index (χ1n) is 7.05. The number of likely N-dealkylation sites (tertiary alicyclic amines) is 1. The summed E-state index contributed by atoms with van der Waals surface area (Å²) in [5.41, 5.74) is 1.79. The van der Waals surface area contributed by atoms with Gasteiger partial charge in [-0.1, -0.05) is 12.1 Å². The number of carbonyl (C=O) groups is 1. The summed E-state index contributed by atoms with van der Waals surface area (Å²) >= 11 is 0. The van der Waals surface area contributed by atoms with Gasteiger partial charge in [0.05, 0.1) is 17.4 Å². The molecule has 1 saturated heterocycles. The van der Waals surface area contributed by atoms with E-state index >= 15 is 0 Å². The SMILES string of the molecule is CCc1cc(C(=O)N2CCCC[C@@H]2c2ccn[nH]2)on1. The minimum atomic E-state index is -0.0866. The molecule has 0 saturated carbocycles. The molecule has 6 nitrogen and oxygen atoms in total. The lowest BCUT2D eigenvalue weighted by atomic mass is 9.99. The summed E-state index contributed by atoms with van der Waals surface area (Å²) in [6, 6.07) is 3.71. The molecule has 0 unspecified atom stereocenters. The maximum Gasteiger partial charge on any atom is 0.293 e. The average Bonchev–Trinajstić information content (AvgIpc) is 3.17. The number of hydrogen-bond donors (Lipinski definition) is 1. The monoisotopic (exact) mass is 274 g/mol. The molecule has 0 spiro atoms. The van der Waals surface area contributed by atoms with Crippen molar-refractivity contribution in [2.24, 2.45) is 0 Å². The lowest BCUT2D eigenvalue weighted by Gasteiger charge is -2.34. The second-order valence-corrected chi connectivity index (χ2v) is 5.06. The molecular weight excluding hydrogens is 256 g/mol. The van der Waals surface area contributed by atoms with E-state index in [1.165, 1.54) is 0 Å². The number of aryl methyl sites for hydroxylation is 1. The van der Waals surface area contributed by atoms with E-state index in [1.54, 1.807) is 12.3 Å². The quantitative estimate of drug-likeness (QED) is 0.932. The fourth-order valence-electron chi connectivity index (χ4n) is 2.67. The molecule has 1 fully saturated rings. The van der Waals surface area contributed by atoms with Gasteiger partial charge in [-0.2, -0.15) is 5.10 Å². The largest absolute Gasteiger partial charge is 0.351 e. The van der Waals surface area contributed by atoms with Crippen molar-refractivity contribution in [2.75, 3.05) is 6.54 Å². The van der Waals surface area contributed by atoms with E-state index in [1.807, 2.05) is 17.9 Å². The van der Waals surface area contributed by atoms with E-state index in [4.69, 9.17) is 4.52 Å². The number of aromatic amines is 1. The molecule has 1 atom stereocenters. The van der Waals surface area contributed by atoms with Crippen molar-refractivity contribution in [1.82, 2.24) is 20.3 Å². The first-order valence-corrected chi connectivity index (χ1v) is 7.05. The van der Waals surface area contributed by atoms with Crippen molar-refractivity contribution < 1.29 is 9.32 Å². The molecule has 1 aliphatic heterocycles. The first kappa shape index (κ1) is 12.9. The summed E-state index contributed by atoms with van der Waals surface area (Å²) < 4.78 is 5.17. The Labute approximate surface area is 117 Å². The third kappa shape index (κ3) is 2.33. The van der Waals surface area contributed by atoms with Crippen LogP contribution in [0, 0.1) is 0 Å². The Hall–Kier alpha value is -2.11. The lowest BCUT2D eigenvalue weighted by molar-refractivity contribution is 0.0563. The van der Waals surface area contributed by atoms with Crippen LogP contribution in [0.3, 0.4) is 0 Å². The zero-order chi connectivity index (χ0) is 13.9. The minimum absolute atomic E-state index is 0.0499. The Balaban J connectivity index is 1.84. The van der Waals surface area contributed by atoms with E-state index in [0.717, 1.165) is 43.6 Å². The molecule has 0 aliphatic carbocycles. The van der Waals surface area contributed by atoms with Crippen LogP contribution < -0.4 is 0 Å². The van der Waals surface area contributed by atoms with E-state index in [0.29, 0.717) is 5.76 Å². The second-order valence-electron chi connectivity index (χ2n) is 5.06. The highest BCUT2D eigenvalue weighted by Crippen LogP contribution is 2.30. The van der Waals surface area contributed by atoms with Gasteiger partial charge in [0, 0.05) is 18.8 Å². The predicted octanol–water partition coefficient (Wildman–Crippen LogP) is 2.33. The molecule has 6 heteroatoms. The van der Waals surface area contributed by atoms with Gasteiger partial charge in [-0.25, -0.2) is 0 Å². The van der Waals surface area contributed by atoms with Gasteiger partial charge in [-0.05, 0) is 31.7 Å². The van der Waals surface area contributed by atoms with Crippen LogP contribution in [-0.4, -0.2) is 32.7 Å². The van der Waals surface area contributed by atoms with Gasteiger partial charge in [0.25, 0.3) is 5.91 Å². The van der Waals surface area contributed by atoms with Crippen molar-refractivity contribution in [1.29, 1.82) is 0 Å². The first-order chi connectivity index (χ1) is 9.79. The van der Waals surface area contributed by atoms with Crippen LogP contribution in [-0.2, 0) is 6.42 Å². The van der Waals surface area contributed by atoms with Gasteiger partial charge in [-0.15, -0.1) is 0 Å². The molecule has 0 radical (unpaired) electrons. The predicted molar refractivity (Wildman–Crippen MR) is 72.1 cm³/mol. The van der Waals surface area contributed by atoms with E-state index < -0.39 is 0 Å². The standard InChI is InChI=1S/C14H18N4O2/c1-2-10-9-13(20-17-10)14(19)18-8-4-3-5-12(18)11-6-7-15-16-11/h6-7,9,12H,2-5,8H2,1H3,(H,15,16)/t12-/m1/s1. The molecule has 1 amide bonds. The Morgan fingerprint density at radius 3 is 3.15 bits per heavy atom. The second kappa shape index (κ2) is 5.48. The molecule has 20 heavy (non-hydrogen) atoms. The van der Waals surface area contributed by atoms with Crippen molar-refractivity contribution in [3.8, 4) is 0 Å². The highest BCUT2D eigenvalue weighted by molar-refractivity contribution is 5.91. The number of H-pyrrole nitrogens is 1. The van der Waals surface area contributed by atoms with Crippen molar-refractivity contribution in [2.45, 2.75) is 38.6 Å². The smallest absolute Gasteiger partial charge is 0.293 e. The van der Waals surface area contributed by atoms with E-state index in [2.05, 4.69) is 15.4 Å². The molecule has 2 aromatic heterocycles. The maximum absolute atomic E-state index is 12.6. The Kier molecular flexibility index (Phi) is 3.54. The number of hydrogen-bond acceptors (Lipinski definition) is 4. The number of amides is 1. The zero-order valence-electron chi connectivity index (χ0n) is 11.5. The zero-order valence-corrected chi connectivity index (χ0v) is 11.5. The Bertz CT molecular complexity index is 576. The van der Waals surface area contributed by atoms with Gasteiger partial charge in [-0.3, -0.25) is 9.89 Å². The van der Waals surface area contributed by atoms with Crippen LogP contribution in [0.4, 0.5) is 0 Å². The maximum atomic E-state index is 12.6. The molecule has 3 heterocycles. The number of aromatic nitrogens is 3. The molecule has 1 N–H and O–H groups in total. The van der Waals surface area contributed by atoms with Crippen molar-refractivity contribution in [3.05, 3.63) is 35.5 Å². The van der Waals surface area contributed by atoms with E-state index in [-0.39, 0.29) is 11.9 Å². The molecule has 2 aromatic rings. The topological polar surface area (TPSA) is 75.0 Å². The summed E-state index contributed by atoms with van der Waals surface area (Å²) in [6.07, 6.45) is 5.56. The van der Waals surface area contributed by atoms with Gasteiger partial charge in [0.2, 0.25) is 5.76 Å². The van der Waals surface area contributed by atoms with Gasteiger partial charge in [0.1, 0.15) is 0 Å². The number of piperidine rings is 1. The van der Waals surface area contributed by atoms with Gasteiger partial charge in [0.15, 0.2) is 0 Å². The number of nitrogens with one attached hydrogen (secondary N) is 1. The Morgan fingerprint density at radius 2 is 2.45 bits per heavy atom. The molecule has 0 bridgehead atoms. The van der Waals surface area contributed by atoms with Crippen LogP contribution in [0.1, 0.15) is 54.2 Å². The Morgan fingerprint density at radius 1 is 1.55 bits per heavy atom. The highest BCUT2D eigenvalue weighted by atomic mass is 16.5. The van der Waals surface area contributed by atoms with Crippen LogP contribution >= 0.6 is 0 Å². The number of rotatable bonds is 3. The van der Waals surface area contributed by atoms with E-state index in [9.17, 15) is 4.79 Å². The third-order valence-electron chi connectivity index (χ3n) is 3.78. The number of nitrogens with zero attached hydrogens (tertiary/aromatic N) is 3. The normalized spacial score (nSPS) is 19.2. The summed E-state index contributed by atoms with van der Waals surface area (Å²) in [4.78, 5) is 14.5. The fourth-order valence-corrected chi connectivity index (χ4v) is 2.67. The summed E-state index contributed by atoms with van der Waals surface area (Å²) in [7, 11) is 0. The van der Waals surface area contributed by atoms with Crippen LogP contribution in [0.25, 0.3) is 0 Å². The molecule has 1 aliphatic rings. The average molecular weight is 274 g/mol. The molecule has 0 aromatic carbocycles. The summed E-state index contributed by atoms with van der Waals surface area (Å²) in [6.45, 7) is 2.73. The molecule has 106 valence electrons. The van der Waals surface area contributed by atoms with Crippen LogP contribution in [0.5, 0.6) is 0 Å². The third-order valence-corrected chi connectivity index (χ3v) is 3.78. The molecule has 3 rings (SSSR count). The highest BCUT2D eigenvalue weighted by Gasteiger charge is 2.31. The summed E-state index contributed by atoms with van der Waals surface area (Å²) in [5.74, 6) is 0.241. The van der Waals surface area contributed by atoms with Crippen LogP contribution in [0.15, 0.2) is 22.9 Å². The lowest BCUT2D eigenvalue weighted by Crippen LogP contribution is -2.38. The summed E-state index contributed by atoms with van der Waals surface area (Å²) in [5, 5.41) is 10.8. The number of carbonyl (C=O) groups excluding carboxylic acids is 1. The van der Waals surface area contributed by atoms with Gasteiger partial charge < -0.3 is 9.42 Å². The minimum Gasteiger partial charge on any atom is -0.351 e.